The Balaban J connectivity index is 1.44. The summed E-state index contributed by atoms with van der Waals surface area (Å²) in [6.45, 7) is 1.93. The number of nitrogens with one attached hydrogen (secondary N) is 1. The molecule has 0 fully saturated rings. The summed E-state index contributed by atoms with van der Waals surface area (Å²) < 4.78 is 5.45. The third-order valence-corrected chi connectivity index (χ3v) is 4.36. The number of hydrogen-bond acceptors (Lipinski definition) is 4. The Morgan fingerprint density at radius 3 is 2.46 bits per heavy atom. The van der Waals surface area contributed by atoms with Crippen molar-refractivity contribution in [3.05, 3.63) is 77.3 Å². The Bertz CT molecular complexity index is 1120. The van der Waals surface area contributed by atoms with E-state index in [1.54, 1.807) is 41.2 Å². The molecule has 0 atom stereocenters. The van der Waals surface area contributed by atoms with Crippen LogP contribution in [0, 0.1) is 6.92 Å². The molecule has 28 heavy (non-hydrogen) atoms. The monoisotopic (exact) mass is 392 g/mol. The molecule has 1 amide bonds. The number of halogens is 1. The number of aromatic nitrogens is 3. The van der Waals surface area contributed by atoms with Crippen LogP contribution in [0.2, 0.25) is 5.02 Å². The first-order valence-electron chi connectivity index (χ1n) is 8.69. The molecular formula is C21H17ClN4O2. The number of carbonyl (C=O) groups excluding carboxylic acids is 1. The van der Waals surface area contributed by atoms with Crippen LogP contribution >= 0.6 is 11.6 Å². The number of carbonyl (C=O) groups is 1. The lowest BCUT2D eigenvalue weighted by Crippen LogP contribution is -2.20. The van der Waals surface area contributed by atoms with E-state index in [0.717, 1.165) is 11.2 Å². The summed E-state index contributed by atoms with van der Waals surface area (Å²) in [5.41, 5.74) is 4.12. The van der Waals surface area contributed by atoms with Crippen molar-refractivity contribution < 1.29 is 9.53 Å². The van der Waals surface area contributed by atoms with Crippen LogP contribution in [0.15, 0.2) is 66.7 Å². The Hall–Kier alpha value is -3.38. The summed E-state index contributed by atoms with van der Waals surface area (Å²) in [6.07, 6.45) is 0. The number of hydrogen-bond donors (Lipinski definition) is 1. The number of nitrogens with zero attached hydrogens (tertiary/aromatic N) is 3. The molecule has 0 unspecified atom stereocenters. The van der Waals surface area contributed by atoms with Crippen LogP contribution in [0.1, 0.15) is 5.56 Å². The molecular weight excluding hydrogens is 376 g/mol. The second kappa shape index (κ2) is 7.70. The standard InChI is InChI=1S/C21H17ClN4O2/c1-14-2-7-17(8-3-14)26-24-19-11-6-16(12-20(19)25-26)23-21(27)13-28-18-9-4-15(22)5-10-18/h2-12H,13H2,1H3,(H,23,27). The van der Waals surface area contributed by atoms with Crippen molar-refractivity contribution in [2.75, 3.05) is 11.9 Å². The van der Waals surface area contributed by atoms with Gasteiger partial charge in [0.15, 0.2) is 6.61 Å². The molecule has 0 aliphatic heterocycles. The van der Waals surface area contributed by atoms with Crippen LogP contribution in [-0.4, -0.2) is 27.5 Å². The number of ether oxygens (including phenoxy) is 1. The van der Waals surface area contributed by atoms with Crippen LogP contribution in [0.25, 0.3) is 16.7 Å². The molecule has 0 bridgehead atoms. The van der Waals surface area contributed by atoms with Crippen LogP contribution in [0.4, 0.5) is 5.69 Å². The van der Waals surface area contributed by atoms with Crippen molar-refractivity contribution in [2.24, 2.45) is 0 Å². The van der Waals surface area contributed by atoms with Crippen LogP contribution < -0.4 is 10.1 Å². The molecule has 1 heterocycles. The third kappa shape index (κ3) is 4.13. The second-order valence-electron chi connectivity index (χ2n) is 6.32. The van der Waals surface area contributed by atoms with Crippen LogP contribution in [0.5, 0.6) is 5.75 Å². The number of anilines is 1. The van der Waals surface area contributed by atoms with E-state index in [0.29, 0.717) is 22.0 Å². The van der Waals surface area contributed by atoms with Gasteiger partial charge in [0.25, 0.3) is 5.91 Å². The highest BCUT2D eigenvalue weighted by molar-refractivity contribution is 6.30. The van der Waals surface area contributed by atoms with E-state index in [2.05, 4.69) is 15.5 Å². The SMILES string of the molecule is Cc1ccc(-n2nc3ccc(NC(=O)COc4ccc(Cl)cc4)cc3n2)cc1. The molecule has 1 aromatic heterocycles. The Labute approximate surface area is 166 Å². The van der Waals surface area contributed by atoms with Crippen molar-refractivity contribution >= 4 is 34.2 Å². The van der Waals surface area contributed by atoms with Gasteiger partial charge < -0.3 is 10.1 Å². The quantitative estimate of drug-likeness (QED) is 0.546. The largest absolute Gasteiger partial charge is 0.484 e. The lowest BCUT2D eigenvalue weighted by molar-refractivity contribution is -0.118. The van der Waals surface area contributed by atoms with Gasteiger partial charge in [0.05, 0.1) is 5.69 Å². The van der Waals surface area contributed by atoms with E-state index < -0.39 is 0 Å². The molecule has 140 valence electrons. The summed E-state index contributed by atoms with van der Waals surface area (Å²) in [4.78, 5) is 13.7. The highest BCUT2D eigenvalue weighted by atomic mass is 35.5. The maximum absolute atomic E-state index is 12.1. The predicted octanol–water partition coefficient (Wildman–Crippen LogP) is 4.40. The van der Waals surface area contributed by atoms with Gasteiger partial charge in [0.1, 0.15) is 16.8 Å². The van der Waals surface area contributed by atoms with E-state index in [9.17, 15) is 4.79 Å². The van der Waals surface area contributed by atoms with Gasteiger partial charge in [-0.1, -0.05) is 29.3 Å². The zero-order valence-corrected chi connectivity index (χ0v) is 15.8. The minimum atomic E-state index is -0.264. The first-order chi connectivity index (χ1) is 13.6. The molecule has 1 N–H and O–H groups in total. The number of fused-ring (bicyclic) bond motifs is 1. The summed E-state index contributed by atoms with van der Waals surface area (Å²) >= 11 is 5.83. The molecule has 0 aliphatic rings. The molecule has 4 rings (SSSR count). The van der Waals surface area contributed by atoms with Crippen molar-refractivity contribution in [2.45, 2.75) is 6.92 Å². The van der Waals surface area contributed by atoms with Gasteiger partial charge in [-0.15, -0.1) is 10.2 Å². The number of benzene rings is 3. The second-order valence-corrected chi connectivity index (χ2v) is 6.76. The highest BCUT2D eigenvalue weighted by Gasteiger charge is 2.08. The Morgan fingerprint density at radius 2 is 1.71 bits per heavy atom. The van der Waals surface area contributed by atoms with E-state index in [-0.39, 0.29) is 12.5 Å². The fourth-order valence-corrected chi connectivity index (χ4v) is 2.79. The van der Waals surface area contributed by atoms with Gasteiger partial charge in [0, 0.05) is 10.7 Å². The Morgan fingerprint density at radius 1 is 1.00 bits per heavy atom. The zero-order valence-electron chi connectivity index (χ0n) is 15.1. The zero-order chi connectivity index (χ0) is 19.5. The summed E-state index contributed by atoms with van der Waals surface area (Å²) in [7, 11) is 0. The van der Waals surface area contributed by atoms with E-state index in [1.807, 2.05) is 37.3 Å². The first-order valence-corrected chi connectivity index (χ1v) is 9.07. The van der Waals surface area contributed by atoms with Crippen molar-refractivity contribution in [1.82, 2.24) is 15.0 Å². The highest BCUT2D eigenvalue weighted by Crippen LogP contribution is 2.18. The topological polar surface area (TPSA) is 69.0 Å². The maximum Gasteiger partial charge on any atom is 0.262 e. The fourth-order valence-electron chi connectivity index (χ4n) is 2.66. The van der Waals surface area contributed by atoms with E-state index >= 15 is 0 Å². The lowest BCUT2D eigenvalue weighted by atomic mass is 10.2. The van der Waals surface area contributed by atoms with Gasteiger partial charge in [-0.2, -0.15) is 4.80 Å². The van der Waals surface area contributed by atoms with Gasteiger partial charge in [-0.05, 0) is 61.5 Å². The molecule has 6 nitrogen and oxygen atoms in total. The molecule has 0 radical (unpaired) electrons. The predicted molar refractivity (Wildman–Crippen MR) is 109 cm³/mol. The van der Waals surface area contributed by atoms with Crippen molar-refractivity contribution in [1.29, 1.82) is 0 Å². The molecule has 0 saturated heterocycles. The minimum absolute atomic E-state index is 0.101. The van der Waals surface area contributed by atoms with Crippen LogP contribution in [-0.2, 0) is 4.79 Å². The maximum atomic E-state index is 12.1. The fraction of sp³-hybridized carbons (Fsp3) is 0.0952. The molecule has 0 aliphatic carbocycles. The van der Waals surface area contributed by atoms with Crippen LogP contribution in [0.3, 0.4) is 0 Å². The summed E-state index contributed by atoms with van der Waals surface area (Å²) in [5, 5.41) is 12.4. The number of amides is 1. The molecule has 4 aromatic rings. The van der Waals surface area contributed by atoms with E-state index in [1.165, 1.54) is 5.56 Å². The van der Waals surface area contributed by atoms with Gasteiger partial charge >= 0.3 is 0 Å². The molecule has 0 saturated carbocycles. The van der Waals surface area contributed by atoms with Crippen molar-refractivity contribution in [3.8, 4) is 11.4 Å². The van der Waals surface area contributed by atoms with E-state index in [4.69, 9.17) is 16.3 Å². The summed E-state index contributed by atoms with van der Waals surface area (Å²) in [5.74, 6) is 0.316. The average Bonchev–Trinajstić information content (AvgIpc) is 3.11. The minimum Gasteiger partial charge on any atom is -0.484 e. The smallest absolute Gasteiger partial charge is 0.262 e. The average molecular weight is 393 g/mol. The number of rotatable bonds is 5. The lowest BCUT2D eigenvalue weighted by Gasteiger charge is -2.07. The molecule has 0 spiro atoms. The normalized spacial score (nSPS) is 10.8. The molecule has 7 heteroatoms. The third-order valence-electron chi connectivity index (χ3n) is 4.11. The van der Waals surface area contributed by atoms with Gasteiger partial charge in [-0.25, -0.2) is 0 Å². The molecule has 3 aromatic carbocycles. The first kappa shape index (κ1) is 18.0. The van der Waals surface area contributed by atoms with Crippen molar-refractivity contribution in [3.63, 3.8) is 0 Å². The summed E-state index contributed by atoms with van der Waals surface area (Å²) in [6, 6.07) is 20.2. The van der Waals surface area contributed by atoms with Gasteiger partial charge in [-0.3, -0.25) is 4.79 Å². The Kier molecular flexibility index (Phi) is 4.95. The number of aryl methyl sites for hydroxylation is 1. The van der Waals surface area contributed by atoms with Gasteiger partial charge in [0.2, 0.25) is 0 Å².